The Labute approximate surface area is 255 Å². The smallest absolute Gasteiger partial charge is 0.226 e. The summed E-state index contributed by atoms with van der Waals surface area (Å²) in [6, 6.07) is 6.21. The number of piperidine rings is 1. The van der Waals surface area contributed by atoms with E-state index in [0.717, 1.165) is 82.4 Å². The van der Waals surface area contributed by atoms with E-state index in [2.05, 4.69) is 45.1 Å². The molecule has 0 aromatic heterocycles. The van der Waals surface area contributed by atoms with Crippen LogP contribution in [0.1, 0.15) is 91.5 Å². The number of rotatable bonds is 18. The SMILES string of the molecule is COCCCOc1cc(CCCCCCC(C(=O)NCC2CCN(C(C)=O)CC2)(C(C)C)C(C)C)ccc1OC.Cl. The third-order valence-corrected chi connectivity index (χ3v) is 8.88. The highest BCUT2D eigenvalue weighted by Crippen LogP contribution is 2.41. The molecule has 0 aliphatic carbocycles. The van der Waals surface area contributed by atoms with Crippen molar-refractivity contribution in [2.24, 2.45) is 23.2 Å². The van der Waals surface area contributed by atoms with Crippen LogP contribution in [-0.2, 0) is 20.7 Å². The largest absolute Gasteiger partial charge is 0.493 e. The molecule has 0 bridgehead atoms. The average Bonchev–Trinajstić information content (AvgIpc) is 2.93. The van der Waals surface area contributed by atoms with Crippen LogP contribution in [0.3, 0.4) is 0 Å². The molecule has 0 unspecified atom stereocenters. The molecule has 0 saturated carbocycles. The second-order valence-corrected chi connectivity index (χ2v) is 12.1. The number of carbonyl (C=O) groups excluding carboxylic acids is 2. The molecule has 1 fully saturated rings. The zero-order chi connectivity index (χ0) is 29.5. The van der Waals surface area contributed by atoms with Crippen molar-refractivity contribution in [1.82, 2.24) is 10.2 Å². The van der Waals surface area contributed by atoms with Crippen LogP contribution in [0.25, 0.3) is 0 Å². The predicted molar refractivity (Wildman–Crippen MR) is 169 cm³/mol. The Bertz CT molecular complexity index is 892. The summed E-state index contributed by atoms with van der Waals surface area (Å²) < 4.78 is 16.5. The van der Waals surface area contributed by atoms with Crippen molar-refractivity contribution in [3.63, 3.8) is 0 Å². The van der Waals surface area contributed by atoms with E-state index in [-0.39, 0.29) is 41.5 Å². The maximum atomic E-state index is 13.7. The zero-order valence-electron chi connectivity index (χ0n) is 26.8. The van der Waals surface area contributed by atoms with E-state index in [1.807, 2.05) is 11.0 Å². The van der Waals surface area contributed by atoms with Gasteiger partial charge in [0, 0.05) is 46.7 Å². The van der Waals surface area contributed by atoms with Gasteiger partial charge < -0.3 is 24.4 Å². The van der Waals surface area contributed by atoms with E-state index in [0.29, 0.717) is 25.7 Å². The lowest BCUT2D eigenvalue weighted by molar-refractivity contribution is -0.138. The number of nitrogens with one attached hydrogen (secondary N) is 1. The van der Waals surface area contributed by atoms with Crippen LogP contribution < -0.4 is 14.8 Å². The standard InChI is InChI=1S/C33H56N2O5.ClH/c1-25(2)33(26(3)4,32(37)34-24-29-16-19-35(20-17-29)27(5)36)18-11-9-8-10-13-28-14-15-30(39-7)31(23-28)40-22-12-21-38-6;/h14-15,23,25-26,29H,8-13,16-22,24H2,1-7H3,(H,34,37);1H. The summed E-state index contributed by atoms with van der Waals surface area (Å²) in [5.74, 6) is 2.92. The van der Waals surface area contributed by atoms with Crippen molar-refractivity contribution >= 4 is 24.2 Å². The molecule has 1 aromatic rings. The van der Waals surface area contributed by atoms with E-state index in [1.165, 1.54) is 5.56 Å². The lowest BCUT2D eigenvalue weighted by Crippen LogP contribution is -2.50. The molecular weight excluding hydrogens is 540 g/mol. The van der Waals surface area contributed by atoms with Crippen molar-refractivity contribution in [2.75, 3.05) is 47.1 Å². The summed E-state index contributed by atoms with van der Waals surface area (Å²) in [7, 11) is 3.37. The van der Waals surface area contributed by atoms with Crippen molar-refractivity contribution in [3.05, 3.63) is 23.8 Å². The fourth-order valence-electron chi connectivity index (χ4n) is 6.21. The fraction of sp³-hybridized carbons (Fsp3) is 0.758. The Morgan fingerprint density at radius 2 is 1.61 bits per heavy atom. The molecule has 0 spiro atoms. The topological polar surface area (TPSA) is 77.1 Å². The molecule has 2 rings (SSSR count). The summed E-state index contributed by atoms with van der Waals surface area (Å²) in [5, 5.41) is 3.34. The van der Waals surface area contributed by atoms with Crippen molar-refractivity contribution in [2.45, 2.75) is 92.4 Å². The number of amides is 2. The normalized spacial score (nSPS) is 14.2. The first-order chi connectivity index (χ1) is 19.1. The van der Waals surface area contributed by atoms with Crippen LogP contribution in [0.15, 0.2) is 18.2 Å². The fourth-order valence-corrected chi connectivity index (χ4v) is 6.21. The lowest BCUT2D eigenvalue weighted by atomic mass is 9.65. The first-order valence-electron chi connectivity index (χ1n) is 15.5. The summed E-state index contributed by atoms with van der Waals surface area (Å²) in [6.45, 7) is 14.0. The van der Waals surface area contributed by atoms with Crippen LogP contribution in [0.2, 0.25) is 0 Å². The van der Waals surface area contributed by atoms with Crippen molar-refractivity contribution in [1.29, 1.82) is 0 Å². The third kappa shape index (κ3) is 11.3. The maximum Gasteiger partial charge on any atom is 0.226 e. The summed E-state index contributed by atoms with van der Waals surface area (Å²) in [6.07, 6.45) is 9.11. The van der Waals surface area contributed by atoms with Gasteiger partial charge in [0.2, 0.25) is 11.8 Å². The Morgan fingerprint density at radius 3 is 2.20 bits per heavy atom. The van der Waals surface area contributed by atoms with Gasteiger partial charge in [-0.2, -0.15) is 0 Å². The molecule has 7 nitrogen and oxygen atoms in total. The zero-order valence-corrected chi connectivity index (χ0v) is 27.6. The molecule has 1 aliphatic heterocycles. The number of carbonyl (C=O) groups is 2. The van der Waals surface area contributed by atoms with Crippen LogP contribution >= 0.6 is 12.4 Å². The first kappa shape index (κ1) is 37.0. The van der Waals surface area contributed by atoms with Gasteiger partial charge >= 0.3 is 0 Å². The minimum Gasteiger partial charge on any atom is -0.493 e. The van der Waals surface area contributed by atoms with Gasteiger partial charge in [-0.15, -0.1) is 12.4 Å². The Balaban J connectivity index is 0.00000840. The molecule has 2 amide bonds. The number of hydrogen-bond donors (Lipinski definition) is 1. The number of nitrogens with zero attached hydrogens (tertiary/aromatic N) is 1. The number of aryl methyl sites for hydroxylation is 1. The number of halogens is 1. The molecule has 1 N–H and O–H groups in total. The van der Waals surface area contributed by atoms with Gasteiger partial charge in [0.15, 0.2) is 11.5 Å². The van der Waals surface area contributed by atoms with Gasteiger partial charge in [-0.3, -0.25) is 9.59 Å². The number of likely N-dealkylation sites (tertiary alicyclic amines) is 1. The molecule has 236 valence electrons. The minimum absolute atomic E-state index is 0. The van der Waals surface area contributed by atoms with E-state index in [9.17, 15) is 9.59 Å². The number of ether oxygens (including phenoxy) is 3. The number of unbranched alkanes of at least 4 members (excludes halogenated alkanes) is 3. The molecule has 8 heteroatoms. The average molecular weight is 597 g/mol. The van der Waals surface area contributed by atoms with Gasteiger partial charge in [-0.25, -0.2) is 0 Å². The molecule has 0 radical (unpaired) electrons. The van der Waals surface area contributed by atoms with E-state index >= 15 is 0 Å². The van der Waals surface area contributed by atoms with Crippen LogP contribution in [0, 0.1) is 23.2 Å². The summed E-state index contributed by atoms with van der Waals surface area (Å²) in [5.41, 5.74) is 0.903. The van der Waals surface area contributed by atoms with Crippen molar-refractivity contribution in [3.8, 4) is 11.5 Å². The van der Waals surface area contributed by atoms with E-state index in [1.54, 1.807) is 21.1 Å². The third-order valence-electron chi connectivity index (χ3n) is 8.88. The highest BCUT2D eigenvalue weighted by atomic mass is 35.5. The molecule has 1 saturated heterocycles. The van der Waals surface area contributed by atoms with Crippen LogP contribution in [0.4, 0.5) is 0 Å². The predicted octanol–water partition coefficient (Wildman–Crippen LogP) is 6.70. The molecule has 1 aromatic carbocycles. The molecule has 1 aliphatic rings. The monoisotopic (exact) mass is 596 g/mol. The highest BCUT2D eigenvalue weighted by molar-refractivity contribution is 5.85. The van der Waals surface area contributed by atoms with Gasteiger partial charge in [-0.05, 0) is 67.6 Å². The van der Waals surface area contributed by atoms with E-state index in [4.69, 9.17) is 14.2 Å². The molecule has 0 atom stereocenters. The van der Waals surface area contributed by atoms with E-state index < -0.39 is 0 Å². The Hall–Kier alpha value is -1.99. The maximum absolute atomic E-state index is 13.7. The molecule has 1 heterocycles. The summed E-state index contributed by atoms with van der Waals surface area (Å²) in [4.78, 5) is 27.2. The number of hydrogen-bond acceptors (Lipinski definition) is 5. The second kappa shape index (κ2) is 19.2. The second-order valence-electron chi connectivity index (χ2n) is 12.1. The number of methoxy groups -OCH3 is 2. The van der Waals surface area contributed by atoms with Gasteiger partial charge in [-0.1, -0.05) is 53.0 Å². The Morgan fingerprint density at radius 1 is 0.951 bits per heavy atom. The number of benzene rings is 1. The van der Waals surface area contributed by atoms with Gasteiger partial charge in [0.25, 0.3) is 0 Å². The Kier molecular flexibility index (Phi) is 17.4. The molecular formula is C33H57ClN2O5. The van der Waals surface area contributed by atoms with Crippen molar-refractivity contribution < 1.29 is 23.8 Å². The quantitative estimate of drug-likeness (QED) is 0.191. The molecule has 41 heavy (non-hydrogen) atoms. The first-order valence-corrected chi connectivity index (χ1v) is 15.5. The lowest BCUT2D eigenvalue weighted by Gasteiger charge is -2.41. The van der Waals surface area contributed by atoms with Crippen LogP contribution in [-0.4, -0.2) is 63.8 Å². The summed E-state index contributed by atoms with van der Waals surface area (Å²) >= 11 is 0. The minimum atomic E-state index is -0.356. The van der Waals surface area contributed by atoms with Gasteiger partial charge in [0.05, 0.1) is 19.1 Å². The highest BCUT2D eigenvalue weighted by Gasteiger charge is 2.43. The van der Waals surface area contributed by atoms with Crippen LogP contribution in [0.5, 0.6) is 11.5 Å². The van der Waals surface area contributed by atoms with Gasteiger partial charge in [0.1, 0.15) is 0 Å².